The van der Waals surface area contributed by atoms with Crippen LogP contribution in [0.25, 0.3) is 0 Å². The van der Waals surface area contributed by atoms with Crippen LogP contribution in [0.4, 0.5) is 4.79 Å². The summed E-state index contributed by atoms with van der Waals surface area (Å²) in [6.45, 7) is 5.99. The van der Waals surface area contributed by atoms with Gasteiger partial charge in [-0.15, -0.1) is 0 Å². The van der Waals surface area contributed by atoms with Crippen LogP contribution in [-0.4, -0.2) is 50.2 Å². The third-order valence-corrected chi connectivity index (χ3v) is 6.28. The SMILES string of the molecule is CC(C)(C)OC(=O)NCC(NC1CCS(=O)(=O)C1)C1CCCC1. The summed E-state index contributed by atoms with van der Waals surface area (Å²) >= 11 is 0. The first-order valence-corrected chi connectivity index (χ1v) is 10.4. The van der Waals surface area contributed by atoms with E-state index in [9.17, 15) is 13.2 Å². The maximum Gasteiger partial charge on any atom is 0.407 e. The maximum absolute atomic E-state index is 11.9. The van der Waals surface area contributed by atoms with Crippen LogP contribution in [0.3, 0.4) is 0 Å². The third-order valence-electron chi connectivity index (χ3n) is 4.52. The molecule has 2 N–H and O–H groups in total. The van der Waals surface area contributed by atoms with Gasteiger partial charge in [0.15, 0.2) is 9.84 Å². The molecule has 0 bridgehead atoms. The van der Waals surface area contributed by atoms with Crippen molar-refractivity contribution in [2.75, 3.05) is 18.1 Å². The zero-order valence-corrected chi connectivity index (χ0v) is 15.2. The molecule has 1 heterocycles. The van der Waals surface area contributed by atoms with Crippen molar-refractivity contribution in [2.24, 2.45) is 5.92 Å². The average molecular weight is 346 g/mol. The van der Waals surface area contributed by atoms with Crippen molar-refractivity contribution in [2.45, 2.75) is 70.6 Å². The molecule has 0 spiro atoms. The topological polar surface area (TPSA) is 84.5 Å². The van der Waals surface area contributed by atoms with E-state index in [2.05, 4.69) is 10.6 Å². The van der Waals surface area contributed by atoms with E-state index in [0.717, 1.165) is 12.8 Å². The van der Waals surface area contributed by atoms with E-state index in [4.69, 9.17) is 4.74 Å². The highest BCUT2D eigenvalue weighted by molar-refractivity contribution is 7.91. The molecule has 1 aliphatic heterocycles. The molecular weight excluding hydrogens is 316 g/mol. The standard InChI is InChI=1S/C16H30N2O4S/c1-16(2,3)22-15(19)17-10-14(12-6-4-5-7-12)18-13-8-9-23(20,21)11-13/h12-14,18H,4-11H2,1-3H3,(H,17,19). The predicted molar refractivity (Wildman–Crippen MR) is 90.2 cm³/mol. The quantitative estimate of drug-likeness (QED) is 0.793. The van der Waals surface area contributed by atoms with Gasteiger partial charge in [0, 0.05) is 18.6 Å². The lowest BCUT2D eigenvalue weighted by atomic mass is 9.97. The molecule has 6 nitrogen and oxygen atoms in total. The minimum atomic E-state index is -2.89. The van der Waals surface area contributed by atoms with Crippen LogP contribution in [0, 0.1) is 5.92 Å². The molecule has 0 aromatic carbocycles. The third kappa shape index (κ3) is 6.30. The van der Waals surface area contributed by atoms with E-state index >= 15 is 0 Å². The second kappa shape index (κ2) is 7.38. The Labute approximate surface area is 139 Å². The van der Waals surface area contributed by atoms with Crippen LogP contribution in [-0.2, 0) is 14.6 Å². The van der Waals surface area contributed by atoms with Crippen molar-refractivity contribution in [1.82, 2.24) is 10.6 Å². The van der Waals surface area contributed by atoms with Gasteiger partial charge in [-0.05, 0) is 46.0 Å². The molecule has 2 fully saturated rings. The molecular formula is C16H30N2O4S. The Bertz CT molecular complexity index is 507. The van der Waals surface area contributed by atoms with Crippen LogP contribution in [0.1, 0.15) is 52.9 Å². The number of carbonyl (C=O) groups excluding carboxylic acids is 1. The number of rotatable bonds is 5. The van der Waals surface area contributed by atoms with E-state index < -0.39 is 21.5 Å². The lowest BCUT2D eigenvalue weighted by Crippen LogP contribution is -2.50. The van der Waals surface area contributed by atoms with Crippen LogP contribution in [0.2, 0.25) is 0 Å². The van der Waals surface area contributed by atoms with E-state index in [1.807, 2.05) is 20.8 Å². The summed E-state index contributed by atoms with van der Waals surface area (Å²) in [4.78, 5) is 11.9. The Morgan fingerprint density at radius 3 is 2.39 bits per heavy atom. The fraction of sp³-hybridized carbons (Fsp3) is 0.938. The van der Waals surface area contributed by atoms with Crippen molar-refractivity contribution in [1.29, 1.82) is 0 Å². The number of hydrogen-bond acceptors (Lipinski definition) is 5. The molecule has 0 aromatic heterocycles. The minimum Gasteiger partial charge on any atom is -0.444 e. The molecule has 2 rings (SSSR count). The summed E-state index contributed by atoms with van der Waals surface area (Å²) in [7, 11) is -2.89. The summed E-state index contributed by atoms with van der Waals surface area (Å²) in [6, 6.07) is 0.120. The molecule has 1 saturated heterocycles. The van der Waals surface area contributed by atoms with E-state index in [1.54, 1.807) is 0 Å². The van der Waals surface area contributed by atoms with E-state index in [1.165, 1.54) is 12.8 Å². The first-order valence-electron chi connectivity index (χ1n) is 8.58. The minimum absolute atomic E-state index is 0.00559. The second-order valence-corrected chi connectivity index (χ2v) is 10.0. The molecule has 134 valence electrons. The molecule has 0 radical (unpaired) electrons. The highest BCUT2D eigenvalue weighted by Gasteiger charge is 2.33. The van der Waals surface area contributed by atoms with Gasteiger partial charge in [-0.2, -0.15) is 0 Å². The number of alkyl carbamates (subject to hydrolysis) is 1. The van der Waals surface area contributed by atoms with Crippen molar-refractivity contribution >= 4 is 15.9 Å². The lowest BCUT2D eigenvalue weighted by molar-refractivity contribution is 0.0517. The van der Waals surface area contributed by atoms with Gasteiger partial charge in [0.1, 0.15) is 5.60 Å². The highest BCUT2D eigenvalue weighted by Crippen LogP contribution is 2.28. The largest absolute Gasteiger partial charge is 0.444 e. The van der Waals surface area contributed by atoms with Crippen LogP contribution < -0.4 is 10.6 Å². The zero-order valence-electron chi connectivity index (χ0n) is 14.4. The summed E-state index contributed by atoms with van der Waals surface area (Å²) in [6.07, 6.45) is 4.93. The van der Waals surface area contributed by atoms with Gasteiger partial charge < -0.3 is 15.4 Å². The summed E-state index contributed by atoms with van der Waals surface area (Å²) in [5, 5.41) is 6.32. The van der Waals surface area contributed by atoms with Crippen molar-refractivity contribution in [3.63, 3.8) is 0 Å². The van der Waals surface area contributed by atoms with Gasteiger partial charge in [-0.3, -0.25) is 0 Å². The second-order valence-electron chi connectivity index (χ2n) is 7.80. The Balaban J connectivity index is 1.88. The molecule has 1 amide bonds. The van der Waals surface area contributed by atoms with Crippen LogP contribution >= 0.6 is 0 Å². The first-order chi connectivity index (χ1) is 10.6. The van der Waals surface area contributed by atoms with Gasteiger partial charge in [-0.25, -0.2) is 13.2 Å². The Kier molecular flexibility index (Phi) is 5.94. The van der Waals surface area contributed by atoms with Gasteiger partial charge in [0.05, 0.1) is 11.5 Å². The van der Waals surface area contributed by atoms with Crippen molar-refractivity contribution < 1.29 is 17.9 Å². The summed E-state index contributed by atoms with van der Waals surface area (Å²) in [5.74, 6) is 0.970. The van der Waals surface area contributed by atoms with E-state index in [-0.39, 0.29) is 23.6 Å². The summed E-state index contributed by atoms with van der Waals surface area (Å²) < 4.78 is 28.6. The Morgan fingerprint density at radius 1 is 1.22 bits per heavy atom. The molecule has 0 aromatic rings. The average Bonchev–Trinajstić information content (AvgIpc) is 3.02. The van der Waals surface area contributed by atoms with E-state index in [0.29, 0.717) is 18.9 Å². The smallest absolute Gasteiger partial charge is 0.407 e. The Morgan fingerprint density at radius 2 is 1.87 bits per heavy atom. The molecule has 2 unspecified atom stereocenters. The van der Waals surface area contributed by atoms with Gasteiger partial charge in [0.25, 0.3) is 0 Å². The van der Waals surface area contributed by atoms with Gasteiger partial charge in [-0.1, -0.05) is 12.8 Å². The summed E-state index contributed by atoms with van der Waals surface area (Å²) in [5.41, 5.74) is -0.514. The van der Waals surface area contributed by atoms with Gasteiger partial charge >= 0.3 is 6.09 Å². The zero-order chi connectivity index (χ0) is 17.1. The normalized spacial score (nSPS) is 26.1. The fourth-order valence-corrected chi connectivity index (χ4v) is 5.14. The molecule has 1 aliphatic carbocycles. The predicted octanol–water partition coefficient (Wildman–Crippen LogP) is 1.85. The van der Waals surface area contributed by atoms with Gasteiger partial charge in [0.2, 0.25) is 0 Å². The number of ether oxygens (including phenoxy) is 1. The molecule has 2 atom stereocenters. The number of hydrogen-bond donors (Lipinski definition) is 2. The molecule has 1 saturated carbocycles. The van der Waals surface area contributed by atoms with Crippen LogP contribution in [0.15, 0.2) is 0 Å². The monoisotopic (exact) mass is 346 g/mol. The number of carbonyl (C=O) groups is 1. The first kappa shape index (κ1) is 18.5. The number of amides is 1. The number of nitrogens with one attached hydrogen (secondary N) is 2. The van der Waals surface area contributed by atoms with Crippen molar-refractivity contribution in [3.05, 3.63) is 0 Å². The Hall–Kier alpha value is -0.820. The lowest BCUT2D eigenvalue weighted by Gasteiger charge is -2.28. The molecule has 2 aliphatic rings. The fourth-order valence-electron chi connectivity index (χ4n) is 3.46. The number of sulfone groups is 1. The highest BCUT2D eigenvalue weighted by atomic mass is 32.2. The van der Waals surface area contributed by atoms with Crippen molar-refractivity contribution in [3.8, 4) is 0 Å². The van der Waals surface area contributed by atoms with Crippen LogP contribution in [0.5, 0.6) is 0 Å². The molecule has 7 heteroatoms. The molecule has 23 heavy (non-hydrogen) atoms. The maximum atomic E-state index is 11.9.